The van der Waals surface area contributed by atoms with Crippen molar-refractivity contribution in [1.82, 2.24) is 10.3 Å². The number of hydrogen-bond donors (Lipinski definition) is 2. The van der Waals surface area contributed by atoms with Crippen LogP contribution in [0.2, 0.25) is 0 Å². The molecular formula is C16H15F3N2O2. The molecule has 122 valence electrons. The summed E-state index contributed by atoms with van der Waals surface area (Å²) in [5.74, 6) is -1.25. The predicted molar refractivity (Wildman–Crippen MR) is 77.0 cm³/mol. The number of nitrogens with one attached hydrogen (secondary N) is 2. The lowest BCUT2D eigenvalue weighted by molar-refractivity contribution is -0.0522. The van der Waals surface area contributed by atoms with Crippen molar-refractivity contribution in [2.75, 3.05) is 0 Å². The molecule has 0 aliphatic heterocycles. The van der Waals surface area contributed by atoms with Crippen LogP contribution >= 0.6 is 0 Å². The second kappa shape index (κ2) is 6.36. The summed E-state index contributed by atoms with van der Waals surface area (Å²) < 4.78 is 41.8. The van der Waals surface area contributed by atoms with E-state index in [1.165, 1.54) is 6.07 Å². The highest BCUT2D eigenvalue weighted by Gasteiger charge is 2.28. The molecule has 1 aliphatic carbocycles. The predicted octanol–water partition coefficient (Wildman–Crippen LogP) is 3.56. The molecular weight excluding hydrogens is 309 g/mol. The monoisotopic (exact) mass is 324 g/mol. The zero-order chi connectivity index (χ0) is 16.4. The second-order valence-electron chi connectivity index (χ2n) is 5.41. The normalized spacial score (nSPS) is 14.1. The highest BCUT2D eigenvalue weighted by atomic mass is 19.3. The zero-order valence-electron chi connectivity index (χ0n) is 12.1. The first-order chi connectivity index (χ1) is 11.0. The number of halogens is 3. The number of aromatic amines is 1. The molecule has 0 atom stereocenters. The van der Waals surface area contributed by atoms with Gasteiger partial charge in [-0.3, -0.25) is 4.79 Å². The van der Waals surface area contributed by atoms with Gasteiger partial charge in [0.05, 0.1) is 0 Å². The number of hydrogen-bond acceptors (Lipinski definition) is 2. The van der Waals surface area contributed by atoms with Gasteiger partial charge in [0, 0.05) is 12.7 Å². The van der Waals surface area contributed by atoms with Gasteiger partial charge in [-0.15, -0.1) is 0 Å². The number of alkyl halides is 2. The average molecular weight is 324 g/mol. The highest BCUT2D eigenvalue weighted by Crippen LogP contribution is 2.41. The molecule has 1 aromatic carbocycles. The van der Waals surface area contributed by atoms with Crippen molar-refractivity contribution < 1.29 is 22.7 Å². The van der Waals surface area contributed by atoms with Crippen molar-refractivity contribution in [3.63, 3.8) is 0 Å². The van der Waals surface area contributed by atoms with Crippen LogP contribution in [0.15, 0.2) is 30.5 Å². The number of amides is 1. The molecule has 2 aromatic rings. The van der Waals surface area contributed by atoms with Gasteiger partial charge in [-0.1, -0.05) is 6.07 Å². The van der Waals surface area contributed by atoms with Crippen LogP contribution in [0, 0.1) is 5.82 Å². The third-order valence-corrected chi connectivity index (χ3v) is 3.69. The van der Waals surface area contributed by atoms with Gasteiger partial charge in [-0.05, 0) is 48.1 Å². The summed E-state index contributed by atoms with van der Waals surface area (Å²) in [6, 6.07) is 5.50. The maximum atomic E-state index is 13.6. The van der Waals surface area contributed by atoms with Crippen LogP contribution in [-0.4, -0.2) is 17.5 Å². The lowest BCUT2D eigenvalue weighted by Gasteiger charge is -2.09. The van der Waals surface area contributed by atoms with Crippen LogP contribution in [0.4, 0.5) is 13.2 Å². The molecule has 0 bridgehead atoms. The number of rotatable bonds is 6. The van der Waals surface area contributed by atoms with Gasteiger partial charge in [0.2, 0.25) is 0 Å². The van der Waals surface area contributed by atoms with E-state index >= 15 is 0 Å². The van der Waals surface area contributed by atoms with Crippen LogP contribution < -0.4 is 10.1 Å². The minimum Gasteiger partial charge on any atom is -0.432 e. The van der Waals surface area contributed by atoms with E-state index in [1.807, 2.05) is 6.07 Å². The van der Waals surface area contributed by atoms with Crippen LogP contribution in [0.5, 0.6) is 5.75 Å². The lowest BCUT2D eigenvalue weighted by atomic mass is 10.1. The van der Waals surface area contributed by atoms with E-state index in [0.29, 0.717) is 17.2 Å². The van der Waals surface area contributed by atoms with Gasteiger partial charge in [0.15, 0.2) is 11.6 Å². The molecule has 2 N–H and O–H groups in total. The SMILES string of the molecule is O=C(NCc1ccc(OC(F)F)c(F)c1)c1[nH]ccc1C1CC1. The number of H-pyrrole nitrogens is 1. The maximum absolute atomic E-state index is 13.6. The molecule has 1 amide bonds. The molecule has 1 aromatic heterocycles. The summed E-state index contributed by atoms with van der Waals surface area (Å²) in [4.78, 5) is 15.1. The number of ether oxygens (including phenoxy) is 1. The summed E-state index contributed by atoms with van der Waals surface area (Å²) in [5.41, 5.74) is 1.97. The summed E-state index contributed by atoms with van der Waals surface area (Å²) in [6.07, 6.45) is 3.88. The molecule has 4 nitrogen and oxygen atoms in total. The largest absolute Gasteiger partial charge is 0.432 e. The lowest BCUT2D eigenvalue weighted by Crippen LogP contribution is -2.24. The Morgan fingerprint density at radius 1 is 1.35 bits per heavy atom. The van der Waals surface area contributed by atoms with E-state index < -0.39 is 18.2 Å². The molecule has 23 heavy (non-hydrogen) atoms. The minimum atomic E-state index is -3.08. The number of carbonyl (C=O) groups is 1. The van der Waals surface area contributed by atoms with Gasteiger partial charge < -0.3 is 15.0 Å². The van der Waals surface area contributed by atoms with Crippen molar-refractivity contribution in [2.45, 2.75) is 31.9 Å². The van der Waals surface area contributed by atoms with Crippen LogP contribution in [0.1, 0.15) is 40.4 Å². The minimum absolute atomic E-state index is 0.0911. The smallest absolute Gasteiger partial charge is 0.387 e. The highest BCUT2D eigenvalue weighted by molar-refractivity contribution is 5.94. The van der Waals surface area contributed by atoms with Crippen molar-refractivity contribution >= 4 is 5.91 Å². The molecule has 1 aliphatic rings. The average Bonchev–Trinajstić information content (AvgIpc) is 3.24. The van der Waals surface area contributed by atoms with Gasteiger partial charge in [-0.2, -0.15) is 8.78 Å². The molecule has 0 radical (unpaired) electrons. The van der Waals surface area contributed by atoms with E-state index in [4.69, 9.17) is 0 Å². The zero-order valence-corrected chi connectivity index (χ0v) is 12.1. The van der Waals surface area contributed by atoms with Crippen molar-refractivity contribution in [3.8, 4) is 5.75 Å². The van der Waals surface area contributed by atoms with Crippen LogP contribution in [0.3, 0.4) is 0 Å². The van der Waals surface area contributed by atoms with Gasteiger partial charge in [0.25, 0.3) is 5.91 Å². The first kappa shape index (κ1) is 15.5. The van der Waals surface area contributed by atoms with E-state index in [2.05, 4.69) is 15.0 Å². The standard InChI is InChI=1S/C16H15F3N2O2/c17-12-7-9(1-4-13(12)23-16(18)19)8-21-15(22)14-11(5-6-20-14)10-2-3-10/h1,4-7,10,16,20H,2-3,8H2,(H,21,22). The van der Waals surface area contributed by atoms with E-state index in [1.54, 1.807) is 6.20 Å². The number of benzene rings is 1. The topological polar surface area (TPSA) is 54.1 Å². The summed E-state index contributed by atoms with van der Waals surface area (Å²) in [5, 5.41) is 2.69. The van der Waals surface area contributed by atoms with E-state index in [9.17, 15) is 18.0 Å². The second-order valence-corrected chi connectivity index (χ2v) is 5.41. The Kier molecular flexibility index (Phi) is 4.27. The molecule has 0 saturated heterocycles. The van der Waals surface area contributed by atoms with Crippen LogP contribution in [0.25, 0.3) is 0 Å². The van der Waals surface area contributed by atoms with E-state index in [0.717, 1.165) is 30.5 Å². The fourth-order valence-corrected chi connectivity index (χ4v) is 2.43. The third-order valence-electron chi connectivity index (χ3n) is 3.69. The Labute approximate surface area is 130 Å². The van der Waals surface area contributed by atoms with Gasteiger partial charge >= 0.3 is 6.61 Å². The molecule has 3 rings (SSSR count). The number of carbonyl (C=O) groups excluding carboxylic acids is 1. The summed E-state index contributed by atoms with van der Waals surface area (Å²) in [6.45, 7) is -2.99. The molecule has 1 heterocycles. The quantitative estimate of drug-likeness (QED) is 0.853. The Morgan fingerprint density at radius 3 is 2.78 bits per heavy atom. The Bertz CT molecular complexity index is 711. The summed E-state index contributed by atoms with van der Waals surface area (Å²) >= 11 is 0. The maximum Gasteiger partial charge on any atom is 0.387 e. The fraction of sp³-hybridized carbons (Fsp3) is 0.312. The first-order valence-electron chi connectivity index (χ1n) is 7.23. The molecule has 0 spiro atoms. The van der Waals surface area contributed by atoms with Gasteiger partial charge in [-0.25, -0.2) is 4.39 Å². The van der Waals surface area contributed by atoms with Gasteiger partial charge in [0.1, 0.15) is 5.69 Å². The Hall–Kier alpha value is -2.44. The van der Waals surface area contributed by atoms with Crippen LogP contribution in [-0.2, 0) is 6.54 Å². The Balaban J connectivity index is 1.62. The van der Waals surface area contributed by atoms with Crippen molar-refractivity contribution in [2.24, 2.45) is 0 Å². The first-order valence-corrected chi connectivity index (χ1v) is 7.23. The molecule has 1 saturated carbocycles. The Morgan fingerprint density at radius 2 is 2.13 bits per heavy atom. The van der Waals surface area contributed by atoms with Crippen molar-refractivity contribution in [1.29, 1.82) is 0 Å². The number of aromatic nitrogens is 1. The van der Waals surface area contributed by atoms with Crippen molar-refractivity contribution in [3.05, 3.63) is 53.1 Å². The summed E-state index contributed by atoms with van der Waals surface area (Å²) in [7, 11) is 0. The molecule has 1 fully saturated rings. The fourth-order valence-electron chi connectivity index (χ4n) is 2.43. The third kappa shape index (κ3) is 3.67. The van der Waals surface area contributed by atoms with E-state index in [-0.39, 0.29) is 12.5 Å². The molecule has 0 unspecified atom stereocenters. The molecule has 7 heteroatoms.